The van der Waals surface area contributed by atoms with Crippen LogP contribution in [-0.2, 0) is 0 Å². The van der Waals surface area contributed by atoms with E-state index in [1.54, 1.807) is 42.5 Å². The normalized spacial score (nSPS) is 22.1. The number of hydrogen-bond donors (Lipinski definition) is 7. The van der Waals surface area contributed by atoms with Gasteiger partial charge in [0, 0.05) is 55.0 Å². The minimum atomic E-state index is -0.572. The van der Waals surface area contributed by atoms with Gasteiger partial charge in [-0.3, -0.25) is 4.79 Å². The van der Waals surface area contributed by atoms with E-state index < -0.39 is 12.0 Å². The smallest absolute Gasteiger partial charge is 0.259 e. The van der Waals surface area contributed by atoms with Crippen molar-refractivity contribution < 1.29 is 15.0 Å². The molecule has 43 heavy (non-hydrogen) atoms. The monoisotopic (exact) mass is 584 g/mol. The zero-order valence-corrected chi connectivity index (χ0v) is 23.6. The summed E-state index contributed by atoms with van der Waals surface area (Å²) in [7, 11) is 0. The minimum Gasteiger partial charge on any atom is -0.506 e. The number of rotatable bonds is 7. The van der Waals surface area contributed by atoms with Gasteiger partial charge in [0.15, 0.2) is 0 Å². The second-order valence-corrected chi connectivity index (χ2v) is 11.1. The number of phenolic OH excluding ortho intramolecular Hbond substituents is 1. The highest BCUT2D eigenvalue weighted by Gasteiger charge is 2.35. The number of piperidine rings is 1. The SMILES string of the molecule is NC[C@@H]1[C@H](O)CCN1c1nc(Nc2ccc(NC(=O)c3ccc4ccccc4c3O)cc2)nc(N2C[C@H](N)C[C@H](N)C2)n1. The third-order valence-corrected chi connectivity index (χ3v) is 7.96. The van der Waals surface area contributed by atoms with Crippen molar-refractivity contribution >= 4 is 45.9 Å². The number of fused-ring (bicyclic) bond motifs is 1. The number of hydrogen-bond acceptors (Lipinski definition) is 12. The summed E-state index contributed by atoms with van der Waals surface area (Å²) in [4.78, 5) is 30.9. The van der Waals surface area contributed by atoms with Crippen LogP contribution < -0.4 is 37.6 Å². The van der Waals surface area contributed by atoms with Gasteiger partial charge in [0.1, 0.15) is 5.75 Å². The number of carbonyl (C=O) groups excluding carboxylic acids is 1. The molecular weight excluding hydrogens is 548 g/mol. The zero-order valence-electron chi connectivity index (χ0n) is 23.6. The predicted molar refractivity (Wildman–Crippen MR) is 167 cm³/mol. The van der Waals surface area contributed by atoms with Crippen LogP contribution in [0.15, 0.2) is 60.7 Å². The number of aliphatic hydroxyl groups excluding tert-OH is 1. The van der Waals surface area contributed by atoms with E-state index in [1.165, 1.54) is 0 Å². The number of benzene rings is 3. The van der Waals surface area contributed by atoms with E-state index in [0.717, 1.165) is 11.8 Å². The summed E-state index contributed by atoms with van der Waals surface area (Å²) in [6.45, 7) is 1.93. The first-order valence-electron chi connectivity index (χ1n) is 14.3. The predicted octanol–water partition coefficient (Wildman–Crippen LogP) is 1.49. The fraction of sp³-hybridized carbons (Fsp3) is 0.333. The number of nitrogens with one attached hydrogen (secondary N) is 2. The summed E-state index contributed by atoms with van der Waals surface area (Å²) in [5.74, 6) is 0.674. The fourth-order valence-electron chi connectivity index (χ4n) is 5.79. The second kappa shape index (κ2) is 12.0. The molecule has 224 valence electrons. The summed E-state index contributed by atoms with van der Waals surface area (Å²) in [6, 6.07) is 17.3. The summed E-state index contributed by atoms with van der Waals surface area (Å²) in [5.41, 5.74) is 19.9. The van der Waals surface area contributed by atoms with Crippen molar-refractivity contribution in [3.8, 4) is 5.75 Å². The maximum atomic E-state index is 13.0. The molecule has 6 rings (SSSR count). The first-order chi connectivity index (χ1) is 20.8. The number of phenols is 1. The van der Waals surface area contributed by atoms with Gasteiger partial charge in [-0.25, -0.2) is 0 Å². The number of nitrogens with two attached hydrogens (primary N) is 3. The lowest BCUT2D eigenvalue weighted by Gasteiger charge is -2.35. The summed E-state index contributed by atoms with van der Waals surface area (Å²) in [5, 5.41) is 28.6. The van der Waals surface area contributed by atoms with Gasteiger partial charge in [-0.2, -0.15) is 15.0 Å². The number of carbonyl (C=O) groups is 1. The van der Waals surface area contributed by atoms with Gasteiger partial charge in [0.05, 0.1) is 17.7 Å². The van der Waals surface area contributed by atoms with E-state index >= 15 is 0 Å². The molecule has 1 amide bonds. The molecule has 4 atom stereocenters. The molecule has 0 bridgehead atoms. The first-order valence-corrected chi connectivity index (χ1v) is 14.3. The van der Waals surface area contributed by atoms with Gasteiger partial charge < -0.3 is 47.8 Å². The molecule has 10 N–H and O–H groups in total. The van der Waals surface area contributed by atoms with Crippen LogP contribution in [0.1, 0.15) is 23.2 Å². The van der Waals surface area contributed by atoms with E-state index in [2.05, 4.69) is 20.6 Å². The van der Waals surface area contributed by atoms with Crippen molar-refractivity contribution in [2.45, 2.75) is 37.1 Å². The topological polar surface area (TPSA) is 205 Å². The summed E-state index contributed by atoms with van der Waals surface area (Å²) in [6.07, 6.45) is 0.712. The Hall–Kier alpha value is -4.56. The maximum absolute atomic E-state index is 13.0. The molecular formula is C30H36N10O3. The Morgan fingerprint density at radius 2 is 1.63 bits per heavy atom. The summed E-state index contributed by atoms with van der Waals surface area (Å²) >= 11 is 0. The Kier molecular flexibility index (Phi) is 7.95. The van der Waals surface area contributed by atoms with Crippen LogP contribution in [0.2, 0.25) is 0 Å². The fourth-order valence-corrected chi connectivity index (χ4v) is 5.79. The van der Waals surface area contributed by atoms with E-state index in [9.17, 15) is 15.0 Å². The highest BCUT2D eigenvalue weighted by atomic mass is 16.3. The molecule has 0 saturated carbocycles. The highest BCUT2D eigenvalue weighted by Crippen LogP contribution is 2.30. The Morgan fingerprint density at radius 3 is 2.37 bits per heavy atom. The van der Waals surface area contributed by atoms with Crippen molar-refractivity contribution in [1.82, 2.24) is 15.0 Å². The van der Waals surface area contributed by atoms with Gasteiger partial charge in [0.2, 0.25) is 17.8 Å². The van der Waals surface area contributed by atoms with Crippen molar-refractivity contribution in [2.75, 3.05) is 46.6 Å². The van der Waals surface area contributed by atoms with E-state index in [4.69, 9.17) is 22.2 Å². The van der Waals surface area contributed by atoms with Crippen LogP contribution in [0.5, 0.6) is 5.75 Å². The lowest BCUT2D eigenvalue weighted by Crippen LogP contribution is -2.53. The van der Waals surface area contributed by atoms with Gasteiger partial charge in [-0.05, 0) is 48.6 Å². The lowest BCUT2D eigenvalue weighted by atomic mass is 10.0. The quantitative estimate of drug-likeness (QED) is 0.165. The van der Waals surface area contributed by atoms with Gasteiger partial charge in [0.25, 0.3) is 5.91 Å². The molecule has 2 saturated heterocycles. The van der Waals surface area contributed by atoms with Crippen LogP contribution in [0.25, 0.3) is 10.8 Å². The van der Waals surface area contributed by atoms with Crippen molar-refractivity contribution in [3.63, 3.8) is 0 Å². The Bertz CT molecular complexity index is 1610. The van der Waals surface area contributed by atoms with Crippen LogP contribution >= 0.6 is 0 Å². The highest BCUT2D eigenvalue weighted by molar-refractivity contribution is 6.09. The van der Waals surface area contributed by atoms with E-state index in [1.807, 2.05) is 28.0 Å². The first kappa shape index (κ1) is 28.6. The van der Waals surface area contributed by atoms with Crippen molar-refractivity contribution in [1.29, 1.82) is 0 Å². The number of amides is 1. The zero-order chi connectivity index (χ0) is 30.1. The average Bonchev–Trinajstić information content (AvgIpc) is 3.38. The second-order valence-electron chi connectivity index (χ2n) is 11.1. The summed E-state index contributed by atoms with van der Waals surface area (Å²) < 4.78 is 0. The number of aromatic hydroxyl groups is 1. The third kappa shape index (κ3) is 6.01. The number of aromatic nitrogens is 3. The van der Waals surface area contributed by atoms with Crippen LogP contribution in [0.3, 0.4) is 0 Å². The molecule has 13 nitrogen and oxygen atoms in total. The third-order valence-electron chi connectivity index (χ3n) is 7.96. The minimum absolute atomic E-state index is 0.0617. The molecule has 2 fully saturated rings. The largest absolute Gasteiger partial charge is 0.506 e. The van der Waals surface area contributed by atoms with Crippen molar-refractivity contribution in [3.05, 3.63) is 66.2 Å². The molecule has 0 spiro atoms. The van der Waals surface area contributed by atoms with Crippen LogP contribution in [0.4, 0.5) is 29.2 Å². The van der Waals surface area contributed by atoms with Crippen LogP contribution in [0, 0.1) is 0 Å². The molecule has 2 aliphatic rings. The molecule has 1 aromatic heterocycles. The van der Waals surface area contributed by atoms with Crippen LogP contribution in [-0.4, -0.2) is 81.5 Å². The molecule has 3 aromatic carbocycles. The van der Waals surface area contributed by atoms with Crippen molar-refractivity contribution in [2.24, 2.45) is 17.2 Å². The Morgan fingerprint density at radius 1 is 0.930 bits per heavy atom. The van der Waals surface area contributed by atoms with E-state index in [0.29, 0.717) is 60.7 Å². The number of nitrogens with zero attached hydrogens (tertiary/aromatic N) is 5. The Labute approximate surface area is 248 Å². The standard InChI is InChI=1S/C30H36N10O3/c31-14-24-25(41)11-12-40(24)30-37-28(36-29(38-30)39-15-18(32)13-19(33)16-39)35-21-8-6-20(7-9-21)34-27(43)23-10-5-17-3-1-2-4-22(17)26(23)42/h1-10,18-19,24-25,41-42H,11-16,31-33H2,(H,34,43)(H,35,36,37,38)/t18-,19+,24-,25-/m1/s1. The average molecular weight is 585 g/mol. The molecule has 3 heterocycles. The number of anilines is 5. The molecule has 0 radical (unpaired) electrons. The maximum Gasteiger partial charge on any atom is 0.259 e. The Balaban J connectivity index is 1.22. The molecule has 0 aliphatic carbocycles. The van der Waals surface area contributed by atoms with E-state index in [-0.39, 0.29) is 36.0 Å². The number of aliphatic hydroxyl groups is 1. The molecule has 4 aromatic rings. The molecule has 0 unspecified atom stereocenters. The molecule has 2 aliphatic heterocycles. The van der Waals surface area contributed by atoms with Gasteiger partial charge in [-0.1, -0.05) is 30.3 Å². The van der Waals surface area contributed by atoms with Gasteiger partial charge >= 0.3 is 0 Å². The lowest BCUT2D eigenvalue weighted by molar-refractivity contribution is 0.102. The van der Waals surface area contributed by atoms with Gasteiger partial charge in [-0.15, -0.1) is 0 Å². The molecule has 13 heteroatoms.